The third-order valence-corrected chi connectivity index (χ3v) is 11.9. The molecule has 0 aromatic rings. The van der Waals surface area contributed by atoms with Crippen LogP contribution in [0.1, 0.15) is 162 Å². The lowest BCUT2D eigenvalue weighted by Crippen LogP contribution is -2.61. The van der Waals surface area contributed by atoms with Crippen molar-refractivity contribution >= 4 is 11.9 Å². The molecule has 0 saturated carbocycles. The van der Waals surface area contributed by atoms with Gasteiger partial charge in [-0.2, -0.15) is 0 Å². The van der Waals surface area contributed by atoms with Crippen LogP contribution in [-0.4, -0.2) is 142 Å². The number of ether oxygens (including phenoxy) is 6. The molecule has 2 heterocycles. The molecule has 11 atom stereocenters. The summed E-state index contributed by atoms with van der Waals surface area (Å²) in [5.74, 6) is -0.978. The molecule has 0 aromatic heterocycles. The molecule has 0 radical (unpaired) electrons. The third-order valence-electron chi connectivity index (χ3n) is 11.9. The van der Waals surface area contributed by atoms with Crippen molar-refractivity contribution in [3.8, 4) is 0 Å². The van der Waals surface area contributed by atoms with Gasteiger partial charge in [-0.15, -0.1) is 0 Å². The summed E-state index contributed by atoms with van der Waals surface area (Å²) in [5, 5.41) is 72.1. The van der Waals surface area contributed by atoms with Crippen LogP contribution in [0.25, 0.3) is 0 Å². The van der Waals surface area contributed by atoms with E-state index >= 15 is 0 Å². The lowest BCUT2D eigenvalue weighted by atomic mass is 9.98. The lowest BCUT2D eigenvalue weighted by molar-refractivity contribution is -0.332. The second-order valence-electron chi connectivity index (χ2n) is 18.0. The first-order chi connectivity index (χ1) is 33.5. The lowest BCUT2D eigenvalue weighted by Gasteiger charge is -2.42. The molecule has 7 N–H and O–H groups in total. The molecule has 0 amide bonds. The molecular formula is C54H90O15. The van der Waals surface area contributed by atoms with E-state index in [1.165, 1.54) is 32.1 Å². The molecule has 0 bridgehead atoms. The number of carbonyl (C=O) groups excluding carboxylic acids is 2. The van der Waals surface area contributed by atoms with Gasteiger partial charge in [0.15, 0.2) is 18.7 Å². The molecule has 2 fully saturated rings. The number of carbonyl (C=O) groups is 2. The van der Waals surface area contributed by atoms with Gasteiger partial charge in [0.2, 0.25) is 0 Å². The Labute approximate surface area is 412 Å². The number of esters is 2. The van der Waals surface area contributed by atoms with Gasteiger partial charge in [-0.1, -0.05) is 138 Å². The monoisotopic (exact) mass is 979 g/mol. The van der Waals surface area contributed by atoms with Crippen molar-refractivity contribution in [1.82, 2.24) is 0 Å². The summed E-state index contributed by atoms with van der Waals surface area (Å²) in [4.78, 5) is 25.8. The van der Waals surface area contributed by atoms with E-state index in [9.17, 15) is 45.3 Å². The second kappa shape index (κ2) is 40.5. The number of aliphatic hydroxyl groups is 7. The van der Waals surface area contributed by atoms with Crippen molar-refractivity contribution < 1.29 is 73.8 Å². The normalized spacial score (nSPS) is 26.2. The Morgan fingerprint density at radius 3 is 1.46 bits per heavy atom. The van der Waals surface area contributed by atoms with Crippen LogP contribution in [0.5, 0.6) is 0 Å². The van der Waals surface area contributed by atoms with Crippen LogP contribution in [0.3, 0.4) is 0 Å². The maximum Gasteiger partial charge on any atom is 0.306 e. The summed E-state index contributed by atoms with van der Waals surface area (Å²) < 4.78 is 33.5. The molecule has 0 aromatic carbocycles. The molecule has 2 aliphatic rings. The van der Waals surface area contributed by atoms with Crippen LogP contribution in [-0.2, 0) is 38.0 Å². The minimum Gasteiger partial charge on any atom is -0.462 e. The van der Waals surface area contributed by atoms with Crippen molar-refractivity contribution in [2.75, 3.05) is 26.4 Å². The first kappa shape index (κ1) is 62.1. The molecule has 2 aliphatic heterocycles. The zero-order valence-electron chi connectivity index (χ0n) is 41.8. The van der Waals surface area contributed by atoms with Crippen LogP contribution in [0.2, 0.25) is 0 Å². The molecule has 2 saturated heterocycles. The second-order valence-corrected chi connectivity index (χ2v) is 18.0. The molecule has 15 nitrogen and oxygen atoms in total. The highest BCUT2D eigenvalue weighted by Crippen LogP contribution is 2.26. The van der Waals surface area contributed by atoms with E-state index in [4.69, 9.17) is 28.4 Å². The Kier molecular flexibility index (Phi) is 36.4. The van der Waals surface area contributed by atoms with Crippen molar-refractivity contribution in [3.05, 3.63) is 72.9 Å². The highest BCUT2D eigenvalue weighted by atomic mass is 16.7. The number of aliphatic hydroxyl groups excluding tert-OH is 7. The van der Waals surface area contributed by atoms with Gasteiger partial charge in [0, 0.05) is 12.8 Å². The number of rotatable bonds is 39. The van der Waals surface area contributed by atoms with Gasteiger partial charge in [-0.3, -0.25) is 9.59 Å². The molecule has 4 unspecified atom stereocenters. The molecule has 0 aliphatic carbocycles. The zero-order valence-corrected chi connectivity index (χ0v) is 41.8. The van der Waals surface area contributed by atoms with Crippen LogP contribution in [0.4, 0.5) is 0 Å². The smallest absolute Gasteiger partial charge is 0.306 e. The predicted molar refractivity (Wildman–Crippen MR) is 266 cm³/mol. The average molecular weight is 979 g/mol. The van der Waals surface area contributed by atoms with Crippen LogP contribution in [0, 0.1) is 0 Å². The van der Waals surface area contributed by atoms with E-state index in [0.29, 0.717) is 12.8 Å². The highest BCUT2D eigenvalue weighted by Gasteiger charge is 2.47. The van der Waals surface area contributed by atoms with Crippen molar-refractivity contribution in [2.45, 2.75) is 229 Å². The number of hydrogen-bond donors (Lipinski definition) is 7. The van der Waals surface area contributed by atoms with Crippen LogP contribution < -0.4 is 0 Å². The standard InChI is InChI=1S/C54H90O15/c1-3-5-7-9-11-13-15-17-19-20-21-22-23-25-27-29-31-33-35-37-46(57)67-42(39-64-45(56)36-34-32-30-28-26-24-18-16-14-12-10-8-6-4-2)40-65-53-52(63)50(61)48(59)44(69-53)41-66-54-51(62)49(60)47(58)43(38-55)68-54/h5,7,11,13,16-19,21-22,25,27,42-44,47-55,58-63H,3-4,6,8-10,12,14-15,20,23-24,26,28-41H2,1-2H3/b7-5+,13-11+,18-16+,19-17+,22-21+,27-25+/t42-,43+,44+,47-,48-,49?,50?,51?,52?,53+,54+/m1/s1. The van der Waals surface area contributed by atoms with E-state index < -0.39 is 99.3 Å². The van der Waals surface area contributed by atoms with Crippen LogP contribution >= 0.6 is 0 Å². The quantitative estimate of drug-likeness (QED) is 0.0180. The first-order valence-corrected chi connectivity index (χ1v) is 26.0. The van der Waals surface area contributed by atoms with E-state index in [2.05, 4.69) is 86.8 Å². The fourth-order valence-corrected chi connectivity index (χ4v) is 7.65. The number of hydrogen-bond acceptors (Lipinski definition) is 15. The van der Waals surface area contributed by atoms with E-state index in [1.807, 2.05) is 0 Å². The topological polar surface area (TPSA) is 231 Å². The molecule has 2 rings (SSSR count). The van der Waals surface area contributed by atoms with E-state index in [-0.39, 0.29) is 19.4 Å². The summed E-state index contributed by atoms with van der Waals surface area (Å²) in [6.45, 7) is 2.41. The Morgan fingerprint density at radius 1 is 0.478 bits per heavy atom. The summed E-state index contributed by atoms with van der Waals surface area (Å²) in [6, 6.07) is 0. The van der Waals surface area contributed by atoms with Crippen LogP contribution in [0.15, 0.2) is 72.9 Å². The van der Waals surface area contributed by atoms with Gasteiger partial charge in [0.25, 0.3) is 0 Å². The summed E-state index contributed by atoms with van der Waals surface area (Å²) >= 11 is 0. The minimum absolute atomic E-state index is 0.121. The van der Waals surface area contributed by atoms with Crippen molar-refractivity contribution in [1.29, 1.82) is 0 Å². The molecule has 15 heteroatoms. The molecular weight excluding hydrogens is 889 g/mol. The Hall–Kier alpha value is -3.06. The SMILES string of the molecule is CC/C=C/C/C=C/C/C=C/C/C=C/C/C=C/CCCCCC(=O)O[C@H](COC(=O)CCCCCCC/C=C/CCCCCCC)CO[C@H]1O[C@@H](CO[C@H]2O[C@@H](CO)[C@@H](O)C(O)C2O)[C@@H](O)C(O)C1O. The predicted octanol–water partition coefficient (Wildman–Crippen LogP) is 7.43. The third kappa shape index (κ3) is 28.5. The average Bonchev–Trinajstić information content (AvgIpc) is 3.34. The summed E-state index contributed by atoms with van der Waals surface area (Å²) in [6.07, 6.45) is 30.7. The summed E-state index contributed by atoms with van der Waals surface area (Å²) in [5.41, 5.74) is 0. The van der Waals surface area contributed by atoms with Gasteiger partial charge < -0.3 is 64.2 Å². The van der Waals surface area contributed by atoms with Gasteiger partial charge in [-0.05, 0) is 83.5 Å². The summed E-state index contributed by atoms with van der Waals surface area (Å²) in [7, 11) is 0. The van der Waals surface area contributed by atoms with Gasteiger partial charge in [0.1, 0.15) is 55.4 Å². The van der Waals surface area contributed by atoms with Gasteiger partial charge in [-0.25, -0.2) is 0 Å². The Bertz CT molecular complexity index is 1480. The zero-order chi connectivity index (χ0) is 50.3. The Morgan fingerprint density at radius 2 is 0.913 bits per heavy atom. The number of allylic oxidation sites excluding steroid dienone is 12. The highest BCUT2D eigenvalue weighted by molar-refractivity contribution is 5.70. The molecule has 396 valence electrons. The fraction of sp³-hybridized carbons (Fsp3) is 0.741. The van der Waals surface area contributed by atoms with Crippen molar-refractivity contribution in [3.63, 3.8) is 0 Å². The number of unbranched alkanes of at least 4 members (excludes halogenated alkanes) is 13. The van der Waals surface area contributed by atoms with E-state index in [0.717, 1.165) is 89.9 Å². The first-order valence-electron chi connectivity index (χ1n) is 26.0. The minimum atomic E-state index is -1.78. The maximum atomic E-state index is 13.0. The Balaban J connectivity index is 1.83. The fourth-order valence-electron chi connectivity index (χ4n) is 7.65. The van der Waals surface area contributed by atoms with Gasteiger partial charge in [0.05, 0.1) is 19.8 Å². The van der Waals surface area contributed by atoms with E-state index in [1.54, 1.807) is 0 Å². The van der Waals surface area contributed by atoms with Gasteiger partial charge >= 0.3 is 11.9 Å². The maximum absolute atomic E-state index is 13.0. The molecule has 69 heavy (non-hydrogen) atoms. The largest absolute Gasteiger partial charge is 0.462 e. The molecule has 0 spiro atoms. The van der Waals surface area contributed by atoms with Crippen molar-refractivity contribution in [2.24, 2.45) is 0 Å².